The first-order chi connectivity index (χ1) is 6.27. The van der Waals surface area contributed by atoms with Gasteiger partial charge < -0.3 is 10.1 Å². The van der Waals surface area contributed by atoms with Gasteiger partial charge in [0.15, 0.2) is 0 Å². The summed E-state index contributed by atoms with van der Waals surface area (Å²) in [5.74, 6) is 1.21. The van der Waals surface area contributed by atoms with E-state index in [1.807, 2.05) is 12.2 Å². The minimum absolute atomic E-state index is 0.589. The van der Waals surface area contributed by atoms with Crippen LogP contribution in [0, 0.1) is 5.92 Å². The van der Waals surface area contributed by atoms with Crippen LogP contribution < -0.4 is 5.32 Å². The molecule has 0 heterocycles. The van der Waals surface area contributed by atoms with E-state index in [0.717, 1.165) is 26.3 Å². The van der Waals surface area contributed by atoms with E-state index in [0.29, 0.717) is 11.8 Å². The molecule has 0 aromatic carbocycles. The third-order valence-electron chi connectivity index (χ3n) is 1.39. The van der Waals surface area contributed by atoms with Crippen LogP contribution in [0.25, 0.3) is 0 Å². The number of rotatable bonds is 8. The summed E-state index contributed by atoms with van der Waals surface area (Å²) in [5.41, 5.74) is 0. The SMILES string of the molecule is CC(C)COCCNC/C=C/CCl. The standard InChI is InChI=1S/C10H20ClNO/c1-10(2)9-13-8-7-12-6-4-3-5-11/h3-4,10,12H,5-9H2,1-2H3/b4-3+. The summed E-state index contributed by atoms with van der Waals surface area (Å²) >= 11 is 5.46. The Morgan fingerprint density at radius 2 is 2.15 bits per heavy atom. The summed E-state index contributed by atoms with van der Waals surface area (Å²) in [6.45, 7) is 7.70. The molecule has 0 aliphatic carbocycles. The maximum absolute atomic E-state index is 5.46. The van der Waals surface area contributed by atoms with E-state index in [-0.39, 0.29) is 0 Å². The quantitative estimate of drug-likeness (QED) is 0.372. The van der Waals surface area contributed by atoms with E-state index in [9.17, 15) is 0 Å². The fourth-order valence-electron chi connectivity index (χ4n) is 0.795. The molecule has 0 aliphatic heterocycles. The van der Waals surface area contributed by atoms with E-state index >= 15 is 0 Å². The first kappa shape index (κ1) is 12.9. The lowest BCUT2D eigenvalue weighted by Crippen LogP contribution is -2.20. The molecule has 0 unspecified atom stereocenters. The van der Waals surface area contributed by atoms with Crippen LogP contribution in [0.1, 0.15) is 13.8 Å². The van der Waals surface area contributed by atoms with Crippen molar-refractivity contribution in [3.63, 3.8) is 0 Å². The number of halogens is 1. The average molecular weight is 206 g/mol. The van der Waals surface area contributed by atoms with Gasteiger partial charge in [-0.05, 0) is 5.92 Å². The summed E-state index contributed by atoms with van der Waals surface area (Å²) < 4.78 is 5.39. The highest BCUT2D eigenvalue weighted by atomic mass is 35.5. The zero-order valence-corrected chi connectivity index (χ0v) is 9.31. The van der Waals surface area contributed by atoms with Crippen molar-refractivity contribution in [2.24, 2.45) is 5.92 Å². The molecule has 0 saturated heterocycles. The Labute approximate surface area is 86.3 Å². The number of hydrogen-bond acceptors (Lipinski definition) is 2. The topological polar surface area (TPSA) is 21.3 Å². The second-order valence-corrected chi connectivity index (χ2v) is 3.61. The molecule has 0 amide bonds. The van der Waals surface area contributed by atoms with Crippen LogP contribution >= 0.6 is 11.6 Å². The van der Waals surface area contributed by atoms with E-state index in [2.05, 4.69) is 19.2 Å². The Hall–Kier alpha value is -0.0500. The van der Waals surface area contributed by atoms with Gasteiger partial charge in [0.25, 0.3) is 0 Å². The highest BCUT2D eigenvalue weighted by molar-refractivity contribution is 6.18. The molecule has 0 aliphatic rings. The zero-order valence-electron chi connectivity index (χ0n) is 8.55. The Bertz CT molecular complexity index is 126. The van der Waals surface area contributed by atoms with Crippen LogP contribution in [0.5, 0.6) is 0 Å². The Kier molecular flexibility index (Phi) is 10.00. The second-order valence-electron chi connectivity index (χ2n) is 3.30. The number of allylic oxidation sites excluding steroid dienone is 1. The van der Waals surface area contributed by atoms with E-state index in [4.69, 9.17) is 16.3 Å². The zero-order chi connectivity index (χ0) is 9.94. The smallest absolute Gasteiger partial charge is 0.0591 e. The highest BCUT2D eigenvalue weighted by Crippen LogP contribution is 1.90. The molecule has 0 fully saturated rings. The summed E-state index contributed by atoms with van der Waals surface area (Å²) in [7, 11) is 0. The van der Waals surface area contributed by atoms with Gasteiger partial charge in [-0.15, -0.1) is 11.6 Å². The summed E-state index contributed by atoms with van der Waals surface area (Å²) in [4.78, 5) is 0. The molecule has 1 N–H and O–H groups in total. The lowest BCUT2D eigenvalue weighted by Gasteiger charge is -2.06. The first-order valence-electron chi connectivity index (χ1n) is 4.76. The normalized spacial score (nSPS) is 11.7. The summed E-state index contributed by atoms with van der Waals surface area (Å²) in [6.07, 6.45) is 3.96. The van der Waals surface area contributed by atoms with E-state index in [1.165, 1.54) is 0 Å². The van der Waals surface area contributed by atoms with Crippen molar-refractivity contribution >= 4 is 11.6 Å². The third kappa shape index (κ3) is 12.0. The maximum Gasteiger partial charge on any atom is 0.0591 e. The van der Waals surface area contributed by atoms with Crippen LogP contribution in [0.4, 0.5) is 0 Å². The van der Waals surface area contributed by atoms with Gasteiger partial charge in [0, 0.05) is 25.6 Å². The van der Waals surface area contributed by atoms with Crippen molar-refractivity contribution in [3.05, 3.63) is 12.2 Å². The molecule has 13 heavy (non-hydrogen) atoms. The average Bonchev–Trinajstić information content (AvgIpc) is 2.09. The van der Waals surface area contributed by atoms with Crippen molar-refractivity contribution in [1.82, 2.24) is 5.32 Å². The van der Waals surface area contributed by atoms with Gasteiger partial charge >= 0.3 is 0 Å². The van der Waals surface area contributed by atoms with Crippen LogP contribution in [0.15, 0.2) is 12.2 Å². The fraction of sp³-hybridized carbons (Fsp3) is 0.800. The molecule has 0 radical (unpaired) electrons. The molecule has 2 nitrogen and oxygen atoms in total. The molecule has 3 heteroatoms. The predicted octanol–water partition coefficient (Wildman–Crippen LogP) is 2.04. The molecule has 0 saturated carbocycles. The summed E-state index contributed by atoms with van der Waals surface area (Å²) in [5, 5.41) is 3.22. The Balaban J connectivity index is 2.95. The van der Waals surface area contributed by atoms with Crippen molar-refractivity contribution in [2.75, 3.05) is 32.2 Å². The first-order valence-corrected chi connectivity index (χ1v) is 5.30. The molecule has 78 valence electrons. The molecular weight excluding hydrogens is 186 g/mol. The summed E-state index contributed by atoms with van der Waals surface area (Å²) in [6, 6.07) is 0. The number of hydrogen-bond donors (Lipinski definition) is 1. The molecule has 0 atom stereocenters. The maximum atomic E-state index is 5.46. The lowest BCUT2D eigenvalue weighted by atomic mass is 10.2. The predicted molar refractivity (Wildman–Crippen MR) is 58.4 cm³/mol. The van der Waals surface area contributed by atoms with Crippen molar-refractivity contribution in [1.29, 1.82) is 0 Å². The minimum atomic E-state index is 0.589. The van der Waals surface area contributed by atoms with Crippen LogP contribution in [0.3, 0.4) is 0 Å². The number of ether oxygens (including phenoxy) is 1. The fourth-order valence-corrected chi connectivity index (χ4v) is 0.921. The van der Waals surface area contributed by atoms with Gasteiger partial charge in [-0.1, -0.05) is 26.0 Å². The molecule has 0 rings (SSSR count). The molecule has 0 bridgehead atoms. The molecule has 0 spiro atoms. The molecule has 0 aromatic heterocycles. The Morgan fingerprint density at radius 3 is 2.77 bits per heavy atom. The number of nitrogens with one attached hydrogen (secondary N) is 1. The van der Waals surface area contributed by atoms with Crippen molar-refractivity contribution in [3.8, 4) is 0 Å². The third-order valence-corrected chi connectivity index (χ3v) is 1.57. The van der Waals surface area contributed by atoms with Crippen LogP contribution in [-0.4, -0.2) is 32.2 Å². The minimum Gasteiger partial charge on any atom is -0.380 e. The lowest BCUT2D eigenvalue weighted by molar-refractivity contribution is 0.112. The molecular formula is C10H20ClNO. The Morgan fingerprint density at radius 1 is 1.38 bits per heavy atom. The van der Waals surface area contributed by atoms with Crippen molar-refractivity contribution < 1.29 is 4.74 Å². The van der Waals surface area contributed by atoms with Gasteiger partial charge in [0.1, 0.15) is 0 Å². The van der Waals surface area contributed by atoms with Gasteiger partial charge in [-0.25, -0.2) is 0 Å². The second kappa shape index (κ2) is 10.0. The van der Waals surface area contributed by atoms with E-state index < -0.39 is 0 Å². The van der Waals surface area contributed by atoms with Gasteiger partial charge in [-0.2, -0.15) is 0 Å². The number of alkyl halides is 1. The van der Waals surface area contributed by atoms with Crippen molar-refractivity contribution in [2.45, 2.75) is 13.8 Å². The largest absolute Gasteiger partial charge is 0.380 e. The van der Waals surface area contributed by atoms with Gasteiger partial charge in [0.05, 0.1) is 6.61 Å². The van der Waals surface area contributed by atoms with Crippen LogP contribution in [0.2, 0.25) is 0 Å². The monoisotopic (exact) mass is 205 g/mol. The van der Waals surface area contributed by atoms with E-state index in [1.54, 1.807) is 0 Å². The molecule has 0 aromatic rings. The van der Waals surface area contributed by atoms with Crippen LogP contribution in [-0.2, 0) is 4.74 Å². The highest BCUT2D eigenvalue weighted by Gasteiger charge is 1.92. The van der Waals surface area contributed by atoms with Gasteiger partial charge in [-0.3, -0.25) is 0 Å². The van der Waals surface area contributed by atoms with Gasteiger partial charge in [0.2, 0.25) is 0 Å².